The molecule has 94 valence electrons. The van der Waals surface area contributed by atoms with Gasteiger partial charge in [0, 0.05) is 12.8 Å². The molecule has 1 saturated heterocycles. The summed E-state index contributed by atoms with van der Waals surface area (Å²) in [6.07, 6.45) is -1.66. The van der Waals surface area contributed by atoms with Crippen LogP contribution in [0.3, 0.4) is 0 Å². The van der Waals surface area contributed by atoms with Crippen molar-refractivity contribution in [3.8, 4) is 0 Å². The summed E-state index contributed by atoms with van der Waals surface area (Å²) in [5.41, 5.74) is 4.94. The van der Waals surface area contributed by atoms with Gasteiger partial charge in [0.2, 0.25) is 0 Å². The van der Waals surface area contributed by atoms with Crippen LogP contribution in [0.4, 0.5) is 0 Å². The van der Waals surface area contributed by atoms with E-state index in [0.717, 1.165) is 0 Å². The van der Waals surface area contributed by atoms with Crippen molar-refractivity contribution in [2.75, 3.05) is 6.54 Å². The SMILES string of the molecule is N=C(N)NCC(O)C(=O)ON1C(=O)CCC1=O. The van der Waals surface area contributed by atoms with Crippen LogP contribution in [0.5, 0.6) is 0 Å². The van der Waals surface area contributed by atoms with Crippen LogP contribution >= 0.6 is 0 Å². The molecule has 0 saturated carbocycles. The normalized spacial score (nSPS) is 16.9. The average Bonchev–Trinajstić information content (AvgIpc) is 2.57. The Morgan fingerprint density at radius 3 is 2.53 bits per heavy atom. The van der Waals surface area contributed by atoms with Gasteiger partial charge < -0.3 is 21.0 Å². The molecule has 0 aromatic carbocycles. The third-order valence-corrected chi connectivity index (χ3v) is 1.94. The van der Waals surface area contributed by atoms with Crippen molar-refractivity contribution >= 4 is 23.7 Å². The van der Waals surface area contributed by atoms with Crippen LogP contribution in [0.2, 0.25) is 0 Å². The molecule has 1 fully saturated rings. The summed E-state index contributed by atoms with van der Waals surface area (Å²) in [6.45, 7) is -0.343. The van der Waals surface area contributed by atoms with Crippen LogP contribution in [0.15, 0.2) is 0 Å². The van der Waals surface area contributed by atoms with Crippen LogP contribution in [0.25, 0.3) is 0 Å². The lowest BCUT2D eigenvalue weighted by molar-refractivity contribution is -0.203. The molecule has 1 heterocycles. The molecule has 1 atom stereocenters. The summed E-state index contributed by atoms with van der Waals surface area (Å²) < 4.78 is 0. The van der Waals surface area contributed by atoms with Crippen LogP contribution in [-0.2, 0) is 19.2 Å². The van der Waals surface area contributed by atoms with E-state index in [-0.39, 0.29) is 19.4 Å². The molecule has 1 rings (SSSR count). The van der Waals surface area contributed by atoms with Gasteiger partial charge in [0.1, 0.15) is 0 Å². The third-order valence-electron chi connectivity index (χ3n) is 1.94. The second-order valence-electron chi connectivity index (χ2n) is 3.30. The number of hydrogen-bond acceptors (Lipinski definition) is 6. The molecule has 17 heavy (non-hydrogen) atoms. The van der Waals surface area contributed by atoms with Gasteiger partial charge in [0.25, 0.3) is 11.8 Å². The molecule has 0 bridgehead atoms. The smallest absolute Gasteiger partial charge is 0.363 e. The number of imide groups is 1. The maximum absolute atomic E-state index is 11.2. The second kappa shape index (κ2) is 5.25. The van der Waals surface area contributed by atoms with E-state index in [1.165, 1.54) is 0 Å². The number of carbonyl (C=O) groups excluding carboxylic acids is 3. The quantitative estimate of drug-likeness (QED) is 0.241. The summed E-state index contributed by atoms with van der Waals surface area (Å²) in [6, 6.07) is 0. The zero-order chi connectivity index (χ0) is 13.0. The first-order valence-corrected chi connectivity index (χ1v) is 4.75. The maximum Gasteiger partial charge on any atom is 0.363 e. The number of hydroxylamine groups is 2. The Hall–Kier alpha value is -2.16. The molecule has 9 heteroatoms. The Labute approximate surface area is 96.0 Å². The molecular weight excluding hydrogens is 232 g/mol. The molecule has 2 amide bonds. The number of nitrogens with zero attached hydrogens (tertiary/aromatic N) is 1. The topological polar surface area (TPSA) is 146 Å². The highest BCUT2D eigenvalue weighted by Crippen LogP contribution is 2.12. The highest BCUT2D eigenvalue weighted by Gasteiger charge is 2.34. The zero-order valence-electron chi connectivity index (χ0n) is 8.80. The number of carbonyl (C=O) groups is 3. The highest BCUT2D eigenvalue weighted by molar-refractivity contribution is 6.01. The number of aliphatic hydroxyl groups is 1. The zero-order valence-corrected chi connectivity index (χ0v) is 8.80. The van der Waals surface area contributed by atoms with Gasteiger partial charge in [-0.15, -0.1) is 5.06 Å². The van der Waals surface area contributed by atoms with Gasteiger partial charge in [-0.05, 0) is 0 Å². The van der Waals surface area contributed by atoms with E-state index < -0.39 is 29.8 Å². The van der Waals surface area contributed by atoms with Crippen molar-refractivity contribution in [2.24, 2.45) is 5.73 Å². The number of rotatable bonds is 4. The van der Waals surface area contributed by atoms with Gasteiger partial charge in [0.05, 0.1) is 6.54 Å². The van der Waals surface area contributed by atoms with Gasteiger partial charge in [-0.1, -0.05) is 0 Å². The first-order chi connectivity index (χ1) is 7.91. The van der Waals surface area contributed by atoms with E-state index in [9.17, 15) is 19.5 Å². The number of nitrogens with two attached hydrogens (primary N) is 1. The van der Waals surface area contributed by atoms with Crippen molar-refractivity contribution in [3.63, 3.8) is 0 Å². The van der Waals surface area contributed by atoms with Crippen molar-refractivity contribution < 1.29 is 24.3 Å². The second-order valence-corrected chi connectivity index (χ2v) is 3.30. The minimum Gasteiger partial charge on any atom is -0.380 e. The number of guanidine groups is 1. The summed E-state index contributed by atoms with van der Waals surface area (Å²) in [7, 11) is 0. The number of amides is 2. The van der Waals surface area contributed by atoms with Gasteiger partial charge in [-0.3, -0.25) is 15.0 Å². The fraction of sp³-hybridized carbons (Fsp3) is 0.500. The van der Waals surface area contributed by atoms with Crippen molar-refractivity contribution in [3.05, 3.63) is 0 Å². The van der Waals surface area contributed by atoms with E-state index >= 15 is 0 Å². The molecular formula is C8H12N4O5. The van der Waals surface area contributed by atoms with E-state index in [1.807, 2.05) is 0 Å². The van der Waals surface area contributed by atoms with Gasteiger partial charge in [0.15, 0.2) is 12.1 Å². The average molecular weight is 244 g/mol. The Bertz CT molecular complexity index is 353. The molecule has 0 radical (unpaired) electrons. The molecule has 1 aliphatic rings. The molecule has 1 unspecified atom stereocenters. The largest absolute Gasteiger partial charge is 0.380 e. The minimum absolute atomic E-state index is 0.0199. The lowest BCUT2D eigenvalue weighted by Crippen LogP contribution is -2.43. The lowest BCUT2D eigenvalue weighted by atomic mass is 10.3. The first kappa shape index (κ1) is 12.9. The Balaban J connectivity index is 2.45. The lowest BCUT2D eigenvalue weighted by Gasteiger charge is -2.15. The third kappa shape index (κ3) is 3.41. The maximum atomic E-state index is 11.2. The predicted molar refractivity (Wildman–Crippen MR) is 53.1 cm³/mol. The van der Waals surface area contributed by atoms with Crippen LogP contribution in [0.1, 0.15) is 12.8 Å². The standard InChI is InChI=1S/C8H12N4O5/c9-8(10)11-3-4(13)7(16)17-12-5(14)1-2-6(12)15/h4,13H,1-3H2,(H4,9,10,11). The Morgan fingerprint density at radius 1 is 1.53 bits per heavy atom. The highest BCUT2D eigenvalue weighted by atomic mass is 16.7. The van der Waals surface area contributed by atoms with Gasteiger partial charge in [-0.25, -0.2) is 4.79 Å². The fourth-order valence-corrected chi connectivity index (χ4v) is 1.10. The summed E-state index contributed by atoms with van der Waals surface area (Å²) in [5.74, 6) is -2.85. The van der Waals surface area contributed by atoms with Crippen molar-refractivity contribution in [1.29, 1.82) is 5.41 Å². The molecule has 9 nitrogen and oxygen atoms in total. The predicted octanol–water partition coefficient (Wildman–Crippen LogP) is -2.56. The van der Waals surface area contributed by atoms with Crippen LogP contribution < -0.4 is 11.1 Å². The van der Waals surface area contributed by atoms with Crippen LogP contribution in [0, 0.1) is 5.41 Å². The Morgan fingerprint density at radius 2 is 2.06 bits per heavy atom. The molecule has 0 spiro atoms. The van der Waals surface area contributed by atoms with Crippen molar-refractivity contribution in [2.45, 2.75) is 18.9 Å². The molecule has 0 aliphatic carbocycles. The molecule has 0 aromatic heterocycles. The summed E-state index contributed by atoms with van der Waals surface area (Å²) in [4.78, 5) is 37.8. The number of nitrogens with one attached hydrogen (secondary N) is 2. The Kier molecular flexibility index (Phi) is 3.99. The monoisotopic (exact) mass is 244 g/mol. The number of aliphatic hydroxyl groups excluding tert-OH is 1. The molecule has 0 aromatic rings. The summed E-state index contributed by atoms with van der Waals surface area (Å²) in [5, 5.41) is 18.6. The summed E-state index contributed by atoms with van der Waals surface area (Å²) >= 11 is 0. The molecule has 1 aliphatic heterocycles. The number of hydrogen-bond donors (Lipinski definition) is 4. The van der Waals surface area contributed by atoms with Gasteiger partial charge in [-0.2, -0.15) is 0 Å². The van der Waals surface area contributed by atoms with E-state index in [1.54, 1.807) is 0 Å². The van der Waals surface area contributed by atoms with Crippen LogP contribution in [-0.4, -0.2) is 46.6 Å². The van der Waals surface area contributed by atoms with E-state index in [4.69, 9.17) is 11.1 Å². The fourth-order valence-electron chi connectivity index (χ4n) is 1.10. The van der Waals surface area contributed by atoms with E-state index in [2.05, 4.69) is 10.2 Å². The minimum atomic E-state index is -1.62. The molecule has 5 N–H and O–H groups in total. The van der Waals surface area contributed by atoms with E-state index in [0.29, 0.717) is 5.06 Å². The van der Waals surface area contributed by atoms with Gasteiger partial charge >= 0.3 is 5.97 Å². The first-order valence-electron chi connectivity index (χ1n) is 4.75. The van der Waals surface area contributed by atoms with Crippen molar-refractivity contribution in [1.82, 2.24) is 10.4 Å².